The number of sulfonamides is 1. The van der Waals surface area contributed by atoms with E-state index in [1.54, 1.807) is 6.26 Å². The summed E-state index contributed by atoms with van der Waals surface area (Å²) in [6.07, 6.45) is 3.23. The van der Waals surface area contributed by atoms with Crippen molar-refractivity contribution >= 4 is 21.7 Å². The number of rotatable bonds is 3. The lowest BCUT2D eigenvalue weighted by molar-refractivity contribution is 0.0697. The largest absolute Gasteiger partial charge is 0.478 e. The molecule has 0 radical (unpaired) electrons. The van der Waals surface area contributed by atoms with Gasteiger partial charge in [0.25, 0.3) is 0 Å². The van der Waals surface area contributed by atoms with E-state index < -0.39 is 16.0 Å². The van der Waals surface area contributed by atoms with Gasteiger partial charge in [-0.3, -0.25) is 0 Å². The average molecular weight is 336 g/mol. The van der Waals surface area contributed by atoms with E-state index in [0.29, 0.717) is 18.8 Å². The van der Waals surface area contributed by atoms with Gasteiger partial charge in [0.15, 0.2) is 0 Å². The lowest BCUT2D eigenvalue weighted by Gasteiger charge is -2.24. The first-order chi connectivity index (χ1) is 10.9. The third-order valence-electron chi connectivity index (χ3n) is 3.90. The van der Waals surface area contributed by atoms with E-state index in [0.717, 1.165) is 30.2 Å². The van der Waals surface area contributed by atoms with Crippen LogP contribution in [0.25, 0.3) is 0 Å². The Kier molecular flexibility index (Phi) is 3.87. The molecule has 0 saturated carbocycles. The summed E-state index contributed by atoms with van der Waals surface area (Å²) in [5.74, 6) is -0.285. The molecule has 1 aromatic heterocycles. The molecule has 7 nitrogen and oxygen atoms in total. The van der Waals surface area contributed by atoms with Gasteiger partial charge in [0, 0.05) is 25.1 Å². The summed E-state index contributed by atoms with van der Waals surface area (Å²) in [6, 6.07) is 5.80. The Hall–Kier alpha value is -2.32. The van der Waals surface area contributed by atoms with Crippen LogP contribution in [0.5, 0.6) is 0 Å². The van der Waals surface area contributed by atoms with E-state index in [4.69, 9.17) is 9.56 Å². The van der Waals surface area contributed by atoms with Crippen molar-refractivity contribution in [2.75, 3.05) is 11.4 Å². The summed E-state index contributed by atoms with van der Waals surface area (Å²) in [5, 5.41) is 14.5. The monoisotopic (exact) mass is 336 g/mol. The molecule has 0 unspecified atom stereocenters. The fourth-order valence-corrected chi connectivity index (χ4v) is 3.33. The van der Waals surface area contributed by atoms with Gasteiger partial charge in [0.1, 0.15) is 5.76 Å². The van der Waals surface area contributed by atoms with Crippen molar-refractivity contribution in [3.05, 3.63) is 47.4 Å². The van der Waals surface area contributed by atoms with Gasteiger partial charge in [0.05, 0.1) is 22.4 Å². The minimum absolute atomic E-state index is 0.0801. The summed E-state index contributed by atoms with van der Waals surface area (Å²) < 4.78 is 28.3. The zero-order valence-electron chi connectivity index (χ0n) is 12.2. The first-order valence-electron chi connectivity index (χ1n) is 7.06. The number of hydrogen-bond acceptors (Lipinski definition) is 5. The molecule has 0 aliphatic carbocycles. The maximum absolute atomic E-state index is 11.5. The number of aromatic carboxylic acids is 1. The second kappa shape index (κ2) is 5.71. The number of hydrogen-bond donors (Lipinski definition) is 2. The first-order valence-corrected chi connectivity index (χ1v) is 8.61. The third kappa shape index (κ3) is 3.08. The SMILES string of the molecule is NS(=O)(=O)c1ccc(N2CCCc3occc3C2)c(C(=O)O)c1. The zero-order valence-corrected chi connectivity index (χ0v) is 13.0. The van der Waals surface area contributed by atoms with Gasteiger partial charge in [-0.1, -0.05) is 0 Å². The van der Waals surface area contributed by atoms with E-state index in [1.165, 1.54) is 12.1 Å². The van der Waals surface area contributed by atoms with E-state index in [-0.39, 0.29) is 10.5 Å². The molecule has 0 fully saturated rings. The molecule has 0 spiro atoms. The van der Waals surface area contributed by atoms with E-state index in [1.807, 2.05) is 11.0 Å². The van der Waals surface area contributed by atoms with Crippen LogP contribution in [-0.2, 0) is 23.0 Å². The number of primary sulfonamides is 1. The smallest absolute Gasteiger partial charge is 0.337 e. The van der Waals surface area contributed by atoms with Crippen LogP contribution in [0.15, 0.2) is 39.8 Å². The van der Waals surface area contributed by atoms with Crippen LogP contribution in [-0.4, -0.2) is 26.0 Å². The van der Waals surface area contributed by atoms with Crippen LogP contribution in [0.1, 0.15) is 28.1 Å². The van der Waals surface area contributed by atoms with E-state index >= 15 is 0 Å². The molecule has 3 rings (SSSR count). The molecule has 2 aromatic rings. The molecular weight excluding hydrogens is 320 g/mol. The highest BCUT2D eigenvalue weighted by Gasteiger charge is 2.23. The second-order valence-corrected chi connectivity index (χ2v) is 6.98. The van der Waals surface area contributed by atoms with Crippen molar-refractivity contribution < 1.29 is 22.7 Å². The highest BCUT2D eigenvalue weighted by atomic mass is 32.2. The first kappa shape index (κ1) is 15.6. The van der Waals surface area contributed by atoms with Crippen molar-refractivity contribution in [1.82, 2.24) is 0 Å². The summed E-state index contributed by atoms with van der Waals surface area (Å²) in [7, 11) is -3.95. The molecular formula is C15H16N2O5S. The molecule has 1 aliphatic rings. The standard InChI is InChI=1S/C15H16N2O5S/c16-23(20,21)11-3-4-13(12(8-11)15(18)19)17-6-1-2-14-10(9-17)5-7-22-14/h3-5,7-8H,1-2,6,9H2,(H,18,19)(H2,16,20,21). The molecule has 0 saturated heterocycles. The molecule has 0 atom stereocenters. The zero-order chi connectivity index (χ0) is 16.6. The van der Waals surface area contributed by atoms with Crippen LogP contribution in [0.4, 0.5) is 5.69 Å². The molecule has 1 aliphatic heterocycles. The number of anilines is 1. The minimum Gasteiger partial charge on any atom is -0.478 e. The van der Waals surface area contributed by atoms with Gasteiger partial charge < -0.3 is 14.4 Å². The molecule has 8 heteroatoms. The Balaban J connectivity index is 2.04. The van der Waals surface area contributed by atoms with Crippen molar-refractivity contribution in [3.8, 4) is 0 Å². The molecule has 23 heavy (non-hydrogen) atoms. The summed E-state index contributed by atoms with van der Waals surface area (Å²) in [5.41, 5.74) is 1.40. The number of nitrogens with two attached hydrogens (primary N) is 1. The number of benzene rings is 1. The molecule has 2 heterocycles. The maximum atomic E-state index is 11.5. The number of fused-ring (bicyclic) bond motifs is 1. The third-order valence-corrected chi connectivity index (χ3v) is 4.81. The van der Waals surface area contributed by atoms with E-state index in [9.17, 15) is 18.3 Å². The van der Waals surface area contributed by atoms with Crippen molar-refractivity contribution in [1.29, 1.82) is 0 Å². The number of carboxylic acid groups (broad SMARTS) is 1. The van der Waals surface area contributed by atoms with Crippen LogP contribution >= 0.6 is 0 Å². The number of aryl methyl sites for hydroxylation is 1. The second-order valence-electron chi connectivity index (χ2n) is 5.42. The van der Waals surface area contributed by atoms with Crippen LogP contribution < -0.4 is 10.0 Å². The van der Waals surface area contributed by atoms with E-state index in [2.05, 4.69) is 0 Å². The maximum Gasteiger partial charge on any atom is 0.337 e. The predicted molar refractivity (Wildman–Crippen MR) is 82.9 cm³/mol. The topological polar surface area (TPSA) is 114 Å². The minimum atomic E-state index is -3.95. The summed E-state index contributed by atoms with van der Waals surface area (Å²) >= 11 is 0. The van der Waals surface area contributed by atoms with Crippen molar-refractivity contribution in [2.24, 2.45) is 5.14 Å². The summed E-state index contributed by atoms with van der Waals surface area (Å²) in [4.78, 5) is 13.2. The summed E-state index contributed by atoms with van der Waals surface area (Å²) in [6.45, 7) is 1.17. The lowest BCUT2D eigenvalue weighted by Crippen LogP contribution is -2.25. The highest BCUT2D eigenvalue weighted by Crippen LogP contribution is 2.29. The average Bonchev–Trinajstić information content (AvgIpc) is 2.82. The normalized spacial score (nSPS) is 15.1. The fourth-order valence-electron chi connectivity index (χ4n) is 2.79. The molecule has 0 amide bonds. The van der Waals surface area contributed by atoms with Gasteiger partial charge in [-0.25, -0.2) is 18.4 Å². The van der Waals surface area contributed by atoms with Gasteiger partial charge >= 0.3 is 5.97 Å². The number of nitrogens with zero attached hydrogens (tertiary/aromatic N) is 1. The quantitative estimate of drug-likeness (QED) is 0.879. The van der Waals surface area contributed by atoms with Crippen LogP contribution in [0, 0.1) is 0 Å². The van der Waals surface area contributed by atoms with Gasteiger partial charge in [-0.05, 0) is 30.7 Å². The molecule has 1 aromatic carbocycles. The number of carbonyl (C=O) groups is 1. The molecule has 3 N–H and O–H groups in total. The van der Waals surface area contributed by atoms with Gasteiger partial charge in [-0.2, -0.15) is 0 Å². The Morgan fingerprint density at radius 3 is 2.78 bits per heavy atom. The Morgan fingerprint density at radius 1 is 1.30 bits per heavy atom. The lowest BCUT2D eigenvalue weighted by atomic mass is 10.1. The van der Waals surface area contributed by atoms with Crippen molar-refractivity contribution in [2.45, 2.75) is 24.3 Å². The van der Waals surface area contributed by atoms with Crippen LogP contribution in [0.2, 0.25) is 0 Å². The van der Waals surface area contributed by atoms with Gasteiger partial charge in [-0.15, -0.1) is 0 Å². The van der Waals surface area contributed by atoms with Gasteiger partial charge in [0.2, 0.25) is 10.0 Å². The number of furan rings is 1. The molecule has 122 valence electrons. The Morgan fingerprint density at radius 2 is 2.09 bits per heavy atom. The number of carboxylic acids is 1. The predicted octanol–water partition coefficient (Wildman–Crippen LogP) is 1.58. The Bertz CT molecular complexity index is 857. The highest BCUT2D eigenvalue weighted by molar-refractivity contribution is 7.89. The van der Waals surface area contributed by atoms with Crippen LogP contribution in [0.3, 0.4) is 0 Å². The Labute approximate surface area is 133 Å². The van der Waals surface area contributed by atoms with Crippen molar-refractivity contribution in [3.63, 3.8) is 0 Å². The fraction of sp³-hybridized carbons (Fsp3) is 0.267. The molecule has 0 bridgehead atoms.